The number of allylic oxidation sites excluding steroid dienone is 5. The SMILES string of the molecule is CCC(C)(C)C.C\C=C/C(/C=C/c1nc(C(=O)NC)c2n1CCCN(C)C2)=C\C.NC=O. The van der Waals surface area contributed by atoms with Crippen LogP contribution in [0.25, 0.3) is 6.08 Å². The number of fused-ring (bicyclic) bond motifs is 1. The molecule has 2 rings (SSSR count). The van der Waals surface area contributed by atoms with Gasteiger partial charge in [-0.05, 0) is 50.9 Å². The Morgan fingerprint density at radius 2 is 1.81 bits per heavy atom. The lowest BCUT2D eigenvalue weighted by Gasteiger charge is -2.12. The Morgan fingerprint density at radius 1 is 1.22 bits per heavy atom. The lowest BCUT2D eigenvalue weighted by molar-refractivity contribution is -0.106. The average Bonchev–Trinajstić information content (AvgIpc) is 2.95. The zero-order chi connectivity index (χ0) is 24.7. The van der Waals surface area contributed by atoms with Crippen molar-refractivity contribution in [2.75, 3.05) is 20.6 Å². The monoisotopic (exact) mass is 445 g/mol. The number of nitrogens with two attached hydrogens (primary N) is 1. The van der Waals surface area contributed by atoms with Crippen molar-refractivity contribution in [3.63, 3.8) is 0 Å². The molecule has 1 aliphatic heterocycles. The number of amides is 2. The van der Waals surface area contributed by atoms with Crippen LogP contribution in [0.15, 0.2) is 29.9 Å². The average molecular weight is 446 g/mol. The van der Waals surface area contributed by atoms with Crippen molar-refractivity contribution < 1.29 is 9.59 Å². The van der Waals surface area contributed by atoms with E-state index in [4.69, 9.17) is 4.79 Å². The molecular formula is C25H43N5O2. The molecule has 0 unspecified atom stereocenters. The molecule has 1 aromatic rings. The van der Waals surface area contributed by atoms with Crippen molar-refractivity contribution in [2.45, 2.75) is 67.5 Å². The van der Waals surface area contributed by atoms with Gasteiger partial charge in [-0.3, -0.25) is 9.59 Å². The van der Waals surface area contributed by atoms with Gasteiger partial charge in [0.05, 0.1) is 5.69 Å². The van der Waals surface area contributed by atoms with Crippen LogP contribution in [-0.2, 0) is 17.9 Å². The van der Waals surface area contributed by atoms with Crippen molar-refractivity contribution in [1.82, 2.24) is 19.8 Å². The predicted octanol–water partition coefficient (Wildman–Crippen LogP) is 4.16. The van der Waals surface area contributed by atoms with E-state index >= 15 is 0 Å². The van der Waals surface area contributed by atoms with Gasteiger partial charge in [0.15, 0.2) is 5.69 Å². The molecule has 0 aromatic carbocycles. The van der Waals surface area contributed by atoms with Gasteiger partial charge in [0.25, 0.3) is 5.91 Å². The number of nitrogens with one attached hydrogen (secondary N) is 1. The Hall–Kier alpha value is -2.67. The van der Waals surface area contributed by atoms with E-state index in [2.05, 4.69) is 72.4 Å². The molecule has 7 nitrogen and oxygen atoms in total. The molecule has 0 radical (unpaired) electrons. The largest absolute Gasteiger partial charge is 0.372 e. The number of imidazole rings is 1. The van der Waals surface area contributed by atoms with E-state index in [0.717, 1.165) is 43.1 Å². The van der Waals surface area contributed by atoms with Gasteiger partial charge in [-0.25, -0.2) is 4.98 Å². The molecule has 1 aliphatic rings. The molecule has 2 heterocycles. The zero-order valence-corrected chi connectivity index (χ0v) is 21.2. The van der Waals surface area contributed by atoms with Gasteiger partial charge in [0.2, 0.25) is 6.41 Å². The highest BCUT2D eigenvalue weighted by Gasteiger charge is 2.23. The molecule has 7 heteroatoms. The van der Waals surface area contributed by atoms with Crippen LogP contribution >= 0.6 is 0 Å². The van der Waals surface area contributed by atoms with Crippen LogP contribution in [-0.4, -0.2) is 47.4 Å². The third-order valence-electron chi connectivity index (χ3n) is 5.06. The highest BCUT2D eigenvalue weighted by Crippen LogP contribution is 2.20. The zero-order valence-electron chi connectivity index (χ0n) is 21.2. The standard InChI is InChI=1S/C18H26N4O.C6H14.CH3NO/c1-5-8-14(6-2)9-10-16-20-17(18(23)19-3)15-13-21(4)11-7-12-22(15)16;1-5-6(2,3)4;2-1-3/h5-6,8-10H,7,11-13H2,1-4H3,(H,19,23);5H2,1-4H3;1H,(H2,2,3)/b8-5-,10-9+,14-6+;;. The predicted molar refractivity (Wildman–Crippen MR) is 134 cm³/mol. The minimum Gasteiger partial charge on any atom is -0.372 e. The first-order chi connectivity index (χ1) is 15.1. The van der Waals surface area contributed by atoms with E-state index in [1.165, 1.54) is 6.42 Å². The second-order valence-electron chi connectivity index (χ2n) is 8.76. The lowest BCUT2D eigenvalue weighted by atomic mass is 9.94. The van der Waals surface area contributed by atoms with Crippen molar-refractivity contribution in [1.29, 1.82) is 0 Å². The molecule has 3 N–H and O–H groups in total. The van der Waals surface area contributed by atoms with Gasteiger partial charge in [0.1, 0.15) is 5.82 Å². The van der Waals surface area contributed by atoms with Crippen molar-refractivity contribution in [2.24, 2.45) is 11.1 Å². The van der Waals surface area contributed by atoms with E-state index < -0.39 is 0 Å². The van der Waals surface area contributed by atoms with Crippen LogP contribution in [0, 0.1) is 5.41 Å². The second-order valence-corrected chi connectivity index (χ2v) is 8.76. The van der Waals surface area contributed by atoms with Gasteiger partial charge in [-0.15, -0.1) is 0 Å². The molecule has 1 aromatic heterocycles. The van der Waals surface area contributed by atoms with Crippen LogP contribution in [0.3, 0.4) is 0 Å². The van der Waals surface area contributed by atoms with Crippen LogP contribution in [0.1, 0.15) is 76.4 Å². The normalized spacial score (nSPS) is 14.7. The molecule has 32 heavy (non-hydrogen) atoms. The Balaban J connectivity index is 0.000000908. The number of hydrogen-bond donors (Lipinski definition) is 2. The van der Waals surface area contributed by atoms with E-state index in [9.17, 15) is 4.79 Å². The maximum Gasteiger partial charge on any atom is 0.271 e. The summed E-state index contributed by atoms with van der Waals surface area (Å²) in [5.74, 6) is 0.723. The van der Waals surface area contributed by atoms with Gasteiger partial charge in [-0.1, -0.05) is 58.4 Å². The molecule has 0 spiro atoms. The third kappa shape index (κ3) is 10.6. The fourth-order valence-corrected chi connectivity index (χ4v) is 2.79. The third-order valence-corrected chi connectivity index (χ3v) is 5.06. The highest BCUT2D eigenvalue weighted by atomic mass is 16.1. The molecule has 0 aliphatic carbocycles. The van der Waals surface area contributed by atoms with E-state index in [1.54, 1.807) is 7.05 Å². The van der Waals surface area contributed by atoms with Gasteiger partial charge in [0, 0.05) is 20.1 Å². The summed E-state index contributed by atoms with van der Waals surface area (Å²) >= 11 is 0. The van der Waals surface area contributed by atoms with Gasteiger partial charge >= 0.3 is 0 Å². The summed E-state index contributed by atoms with van der Waals surface area (Å²) < 4.78 is 2.17. The molecule has 0 atom stereocenters. The number of nitrogens with zero attached hydrogens (tertiary/aromatic N) is 3. The van der Waals surface area contributed by atoms with Crippen LogP contribution in [0.4, 0.5) is 0 Å². The van der Waals surface area contributed by atoms with Crippen LogP contribution in [0.2, 0.25) is 0 Å². The van der Waals surface area contributed by atoms with E-state index in [1.807, 2.05) is 32.1 Å². The first-order valence-corrected chi connectivity index (χ1v) is 11.2. The smallest absolute Gasteiger partial charge is 0.271 e. The van der Waals surface area contributed by atoms with Crippen LogP contribution in [0.5, 0.6) is 0 Å². The van der Waals surface area contributed by atoms with E-state index in [0.29, 0.717) is 11.1 Å². The molecular weight excluding hydrogens is 402 g/mol. The summed E-state index contributed by atoms with van der Waals surface area (Å²) in [6.07, 6.45) is 12.7. The Morgan fingerprint density at radius 3 is 2.28 bits per heavy atom. The first-order valence-electron chi connectivity index (χ1n) is 11.2. The fourth-order valence-electron chi connectivity index (χ4n) is 2.79. The maximum atomic E-state index is 12.2. The van der Waals surface area contributed by atoms with Crippen molar-refractivity contribution >= 4 is 18.4 Å². The molecule has 0 saturated carbocycles. The van der Waals surface area contributed by atoms with Crippen molar-refractivity contribution in [3.05, 3.63) is 47.1 Å². The van der Waals surface area contributed by atoms with E-state index in [-0.39, 0.29) is 12.3 Å². The van der Waals surface area contributed by atoms with Gasteiger partial charge in [-0.2, -0.15) is 0 Å². The summed E-state index contributed by atoms with van der Waals surface area (Å²) in [6.45, 7) is 15.6. The topological polar surface area (TPSA) is 93.2 Å². The van der Waals surface area contributed by atoms with Gasteiger partial charge < -0.3 is 20.5 Å². The number of carbonyl (C=O) groups is 2. The summed E-state index contributed by atoms with van der Waals surface area (Å²) in [5.41, 5.74) is 7.36. The molecule has 0 fully saturated rings. The quantitative estimate of drug-likeness (QED) is 0.538. The summed E-state index contributed by atoms with van der Waals surface area (Å²) in [6, 6.07) is 0. The number of primary amides is 1. The number of carbonyl (C=O) groups excluding carboxylic acids is 2. The fraction of sp³-hybridized carbons (Fsp3) is 0.560. The number of aromatic nitrogens is 2. The molecule has 180 valence electrons. The molecule has 0 bridgehead atoms. The minimum absolute atomic E-state index is 0.122. The summed E-state index contributed by atoms with van der Waals surface area (Å²) in [7, 11) is 3.73. The second kappa shape index (κ2) is 15.2. The Labute approximate surface area is 194 Å². The Kier molecular flexibility index (Phi) is 13.9. The molecule has 2 amide bonds. The van der Waals surface area contributed by atoms with Crippen LogP contribution < -0.4 is 11.1 Å². The lowest BCUT2D eigenvalue weighted by Crippen LogP contribution is -2.23. The highest BCUT2D eigenvalue weighted by molar-refractivity contribution is 5.93. The first kappa shape index (κ1) is 29.3. The maximum absolute atomic E-state index is 12.2. The Bertz CT molecular complexity index is 798. The summed E-state index contributed by atoms with van der Waals surface area (Å²) in [5, 5.41) is 2.70. The molecule has 0 saturated heterocycles. The number of hydrogen-bond acceptors (Lipinski definition) is 4. The van der Waals surface area contributed by atoms with Crippen molar-refractivity contribution in [3.8, 4) is 0 Å². The summed E-state index contributed by atoms with van der Waals surface area (Å²) in [4.78, 5) is 27.6. The minimum atomic E-state index is -0.122. The number of rotatable bonds is 4.